The molecule has 0 saturated heterocycles. The number of carboxylic acid groups (broad SMARTS) is 1. The van der Waals surface area contributed by atoms with Gasteiger partial charge in [-0.15, -0.1) is 10.2 Å². The normalized spacial score (nSPS) is 21.6. The van der Waals surface area contributed by atoms with Gasteiger partial charge in [-0.05, 0) is 31.2 Å². The number of nitrogens with one attached hydrogen (secondary N) is 1. The maximum absolute atomic E-state index is 11.3. The van der Waals surface area contributed by atoms with E-state index < -0.39 is 5.97 Å². The Hall–Kier alpha value is -2.21. The van der Waals surface area contributed by atoms with Gasteiger partial charge >= 0.3 is 5.97 Å². The van der Waals surface area contributed by atoms with Crippen molar-refractivity contribution in [1.82, 2.24) is 10.2 Å². The first-order valence-electron chi connectivity index (χ1n) is 7.06. The van der Waals surface area contributed by atoms with E-state index in [0.29, 0.717) is 23.7 Å². The zero-order valence-electron chi connectivity index (χ0n) is 11.5. The van der Waals surface area contributed by atoms with E-state index in [1.165, 1.54) is 0 Å². The molecule has 110 valence electrons. The van der Waals surface area contributed by atoms with Gasteiger partial charge in [0.1, 0.15) is 0 Å². The molecule has 0 radical (unpaired) electrons. The quantitative estimate of drug-likeness (QED) is 0.795. The highest BCUT2D eigenvalue weighted by Gasteiger charge is 2.24. The zero-order chi connectivity index (χ0) is 14.8. The Labute approximate surface area is 121 Å². The minimum atomic E-state index is -1.10. The average Bonchev–Trinajstić information content (AvgIpc) is 2.90. The van der Waals surface area contributed by atoms with Crippen LogP contribution in [0, 0.1) is 5.92 Å². The Kier molecular flexibility index (Phi) is 3.70. The van der Waals surface area contributed by atoms with Gasteiger partial charge in [0.2, 0.25) is 0 Å². The Bertz CT molecular complexity index is 674. The largest absolute Gasteiger partial charge is 0.476 e. The molecular formula is C15H17N3O3. The number of carboxylic acids is 1. The lowest BCUT2D eigenvalue weighted by Crippen LogP contribution is -2.16. The maximum atomic E-state index is 11.3. The third-order valence-corrected chi connectivity index (χ3v) is 3.95. The molecule has 1 heterocycles. The highest BCUT2D eigenvalue weighted by atomic mass is 16.4. The minimum Gasteiger partial charge on any atom is -0.476 e. The number of benzene rings is 1. The fraction of sp³-hybridized carbons (Fsp3) is 0.400. The molecule has 0 aliphatic heterocycles. The standard InChI is InChI=1S/C15H17N3O3/c19-10-6-5-9(7-10)8-16-13-11-3-1-2-4-12(11)17-18-14(13)15(20)21/h1-4,9-10,19H,5-8H2,(H,16,17)(H,20,21). The molecule has 1 aromatic heterocycles. The number of hydrogen-bond acceptors (Lipinski definition) is 5. The number of aliphatic hydroxyl groups excluding tert-OH is 1. The molecule has 3 rings (SSSR count). The van der Waals surface area contributed by atoms with Crippen molar-refractivity contribution < 1.29 is 15.0 Å². The fourth-order valence-corrected chi connectivity index (χ4v) is 2.86. The van der Waals surface area contributed by atoms with Gasteiger partial charge in [0.05, 0.1) is 17.3 Å². The van der Waals surface area contributed by atoms with Crippen LogP contribution in [0.4, 0.5) is 5.69 Å². The van der Waals surface area contributed by atoms with Crippen LogP contribution in [-0.4, -0.2) is 39.0 Å². The maximum Gasteiger partial charge on any atom is 0.358 e. The number of nitrogens with zero attached hydrogens (tertiary/aromatic N) is 2. The van der Waals surface area contributed by atoms with Crippen LogP contribution in [0.2, 0.25) is 0 Å². The molecule has 2 atom stereocenters. The number of aromatic carboxylic acids is 1. The minimum absolute atomic E-state index is 0.0627. The van der Waals surface area contributed by atoms with Crippen LogP contribution in [0.1, 0.15) is 29.8 Å². The third-order valence-electron chi connectivity index (χ3n) is 3.95. The van der Waals surface area contributed by atoms with Crippen molar-refractivity contribution in [1.29, 1.82) is 0 Å². The lowest BCUT2D eigenvalue weighted by molar-refractivity contribution is 0.0690. The summed E-state index contributed by atoms with van der Waals surface area (Å²) in [5.41, 5.74) is 1.11. The summed E-state index contributed by atoms with van der Waals surface area (Å²) in [6.07, 6.45) is 2.29. The zero-order valence-corrected chi connectivity index (χ0v) is 11.5. The van der Waals surface area contributed by atoms with Crippen LogP contribution in [-0.2, 0) is 0 Å². The van der Waals surface area contributed by atoms with Crippen LogP contribution in [0.3, 0.4) is 0 Å². The number of anilines is 1. The molecule has 0 amide bonds. The Morgan fingerprint density at radius 1 is 1.29 bits per heavy atom. The highest BCUT2D eigenvalue weighted by molar-refractivity contribution is 6.02. The molecule has 3 N–H and O–H groups in total. The SMILES string of the molecule is O=C(O)c1nnc2ccccc2c1NCC1CCC(O)C1. The van der Waals surface area contributed by atoms with Crippen molar-refractivity contribution in [3.8, 4) is 0 Å². The lowest BCUT2D eigenvalue weighted by Gasteiger charge is -2.15. The highest BCUT2D eigenvalue weighted by Crippen LogP contribution is 2.28. The molecule has 21 heavy (non-hydrogen) atoms. The van der Waals surface area contributed by atoms with Crippen LogP contribution in [0.5, 0.6) is 0 Å². The molecule has 0 spiro atoms. The molecule has 1 aromatic carbocycles. The van der Waals surface area contributed by atoms with Crippen molar-refractivity contribution in [2.24, 2.45) is 5.92 Å². The first kappa shape index (κ1) is 13.8. The molecule has 1 fully saturated rings. The van der Waals surface area contributed by atoms with Gasteiger partial charge in [-0.2, -0.15) is 0 Å². The molecule has 6 heteroatoms. The number of hydrogen-bond donors (Lipinski definition) is 3. The van der Waals surface area contributed by atoms with E-state index in [-0.39, 0.29) is 11.8 Å². The second-order valence-corrected chi connectivity index (χ2v) is 5.46. The summed E-state index contributed by atoms with van der Waals surface area (Å²) in [5, 5.41) is 30.6. The molecule has 1 saturated carbocycles. The van der Waals surface area contributed by atoms with Gasteiger partial charge in [0, 0.05) is 11.9 Å². The number of rotatable bonds is 4. The van der Waals surface area contributed by atoms with Crippen LogP contribution >= 0.6 is 0 Å². The Morgan fingerprint density at radius 2 is 2.10 bits per heavy atom. The first-order chi connectivity index (χ1) is 10.1. The van der Waals surface area contributed by atoms with Crippen molar-refractivity contribution in [3.63, 3.8) is 0 Å². The summed E-state index contributed by atoms with van der Waals surface area (Å²) in [6, 6.07) is 7.33. The van der Waals surface area contributed by atoms with E-state index in [2.05, 4.69) is 15.5 Å². The number of carbonyl (C=O) groups is 1. The Morgan fingerprint density at radius 3 is 2.81 bits per heavy atom. The fourth-order valence-electron chi connectivity index (χ4n) is 2.86. The van der Waals surface area contributed by atoms with E-state index in [1.54, 1.807) is 6.07 Å². The van der Waals surface area contributed by atoms with E-state index in [9.17, 15) is 15.0 Å². The smallest absolute Gasteiger partial charge is 0.358 e. The van der Waals surface area contributed by atoms with Gasteiger partial charge in [-0.25, -0.2) is 4.79 Å². The monoisotopic (exact) mass is 287 g/mol. The summed E-state index contributed by atoms with van der Waals surface area (Å²) in [6.45, 7) is 0.632. The van der Waals surface area contributed by atoms with Crippen molar-refractivity contribution in [2.75, 3.05) is 11.9 Å². The number of aliphatic hydroxyl groups is 1. The van der Waals surface area contributed by atoms with E-state index in [0.717, 1.165) is 24.6 Å². The van der Waals surface area contributed by atoms with E-state index >= 15 is 0 Å². The van der Waals surface area contributed by atoms with Crippen LogP contribution < -0.4 is 5.32 Å². The van der Waals surface area contributed by atoms with Gasteiger partial charge in [-0.3, -0.25) is 0 Å². The van der Waals surface area contributed by atoms with Crippen molar-refractivity contribution in [3.05, 3.63) is 30.0 Å². The third kappa shape index (κ3) is 2.80. The summed E-state index contributed by atoms with van der Waals surface area (Å²) < 4.78 is 0. The van der Waals surface area contributed by atoms with Gasteiger partial charge < -0.3 is 15.5 Å². The summed E-state index contributed by atoms with van der Waals surface area (Å²) >= 11 is 0. The predicted molar refractivity (Wildman–Crippen MR) is 78.3 cm³/mol. The van der Waals surface area contributed by atoms with Gasteiger partial charge in [0.25, 0.3) is 0 Å². The topological polar surface area (TPSA) is 95.3 Å². The lowest BCUT2D eigenvalue weighted by atomic mass is 10.1. The molecule has 2 aromatic rings. The van der Waals surface area contributed by atoms with E-state index in [1.807, 2.05) is 18.2 Å². The first-order valence-corrected chi connectivity index (χ1v) is 7.06. The van der Waals surface area contributed by atoms with E-state index in [4.69, 9.17) is 0 Å². The second-order valence-electron chi connectivity index (χ2n) is 5.46. The predicted octanol–water partition coefficient (Wildman–Crippen LogP) is 1.90. The number of fused-ring (bicyclic) bond motifs is 1. The second kappa shape index (κ2) is 5.65. The molecule has 6 nitrogen and oxygen atoms in total. The molecule has 0 bridgehead atoms. The van der Waals surface area contributed by atoms with Crippen molar-refractivity contribution >= 4 is 22.6 Å². The van der Waals surface area contributed by atoms with Gasteiger partial charge in [0.15, 0.2) is 5.69 Å². The van der Waals surface area contributed by atoms with Crippen molar-refractivity contribution in [2.45, 2.75) is 25.4 Å². The molecule has 1 aliphatic carbocycles. The summed E-state index contributed by atoms with van der Waals surface area (Å²) in [7, 11) is 0. The average molecular weight is 287 g/mol. The Balaban J connectivity index is 1.91. The van der Waals surface area contributed by atoms with Gasteiger partial charge in [-0.1, -0.05) is 18.2 Å². The molecular weight excluding hydrogens is 270 g/mol. The molecule has 2 unspecified atom stereocenters. The molecule has 1 aliphatic rings. The summed E-state index contributed by atoms with van der Waals surface area (Å²) in [4.78, 5) is 11.3. The van der Waals surface area contributed by atoms with Crippen LogP contribution in [0.15, 0.2) is 24.3 Å². The van der Waals surface area contributed by atoms with Crippen LogP contribution in [0.25, 0.3) is 10.9 Å². The summed E-state index contributed by atoms with van der Waals surface area (Å²) in [5.74, 6) is -0.740. The number of aromatic nitrogens is 2.